The van der Waals surface area contributed by atoms with Crippen molar-refractivity contribution in [1.82, 2.24) is 4.90 Å². The van der Waals surface area contributed by atoms with Crippen LogP contribution in [0.1, 0.15) is 41.3 Å². The molecule has 0 bridgehead atoms. The van der Waals surface area contributed by atoms with Gasteiger partial charge in [0.25, 0.3) is 5.91 Å². The standard InChI is InChI=1S/C23H26N2O4/c1-14(2)20-19(28-5)11-8-16-12-18(23(27)29-21(16)20)22(26)24-17-9-6-15(7-10-17)13-25(3)4/h6-12,14H,13H2,1-5H3,(H,24,26). The summed E-state index contributed by atoms with van der Waals surface area (Å²) in [6, 6.07) is 12.7. The minimum atomic E-state index is -0.672. The van der Waals surface area contributed by atoms with Gasteiger partial charge in [0.2, 0.25) is 0 Å². The van der Waals surface area contributed by atoms with Crippen LogP contribution in [0.2, 0.25) is 0 Å². The maximum atomic E-state index is 12.7. The van der Waals surface area contributed by atoms with Crippen LogP contribution in [0.15, 0.2) is 51.7 Å². The van der Waals surface area contributed by atoms with Crippen molar-refractivity contribution in [3.8, 4) is 5.75 Å². The van der Waals surface area contributed by atoms with Gasteiger partial charge >= 0.3 is 5.63 Å². The second-order valence-electron chi connectivity index (χ2n) is 7.59. The summed E-state index contributed by atoms with van der Waals surface area (Å²) in [4.78, 5) is 27.3. The zero-order valence-electron chi connectivity index (χ0n) is 17.4. The van der Waals surface area contributed by atoms with E-state index in [1.54, 1.807) is 19.2 Å². The fourth-order valence-electron chi connectivity index (χ4n) is 3.33. The molecule has 0 radical (unpaired) electrons. The molecule has 152 valence electrons. The van der Waals surface area contributed by atoms with Crippen molar-refractivity contribution in [3.63, 3.8) is 0 Å². The quantitative estimate of drug-likeness (QED) is 0.633. The first-order valence-corrected chi connectivity index (χ1v) is 9.50. The number of benzene rings is 2. The smallest absolute Gasteiger partial charge is 0.349 e. The summed E-state index contributed by atoms with van der Waals surface area (Å²) < 4.78 is 10.9. The maximum absolute atomic E-state index is 12.7. The number of rotatable bonds is 6. The Labute approximate surface area is 170 Å². The Morgan fingerprint density at radius 3 is 2.41 bits per heavy atom. The van der Waals surface area contributed by atoms with E-state index in [4.69, 9.17) is 9.15 Å². The zero-order chi connectivity index (χ0) is 21.1. The van der Waals surface area contributed by atoms with Crippen molar-refractivity contribution < 1.29 is 13.9 Å². The Morgan fingerprint density at radius 1 is 1.14 bits per heavy atom. The number of fused-ring (bicyclic) bond motifs is 1. The topological polar surface area (TPSA) is 71.8 Å². The Kier molecular flexibility index (Phi) is 6.03. The lowest BCUT2D eigenvalue weighted by atomic mass is 9.98. The van der Waals surface area contributed by atoms with Gasteiger partial charge in [-0.05, 0) is 55.9 Å². The molecular formula is C23H26N2O4. The largest absolute Gasteiger partial charge is 0.496 e. The zero-order valence-corrected chi connectivity index (χ0v) is 17.4. The number of carbonyl (C=O) groups excluding carboxylic acids is 1. The van der Waals surface area contributed by atoms with E-state index in [2.05, 4.69) is 10.2 Å². The molecule has 1 N–H and O–H groups in total. The second kappa shape index (κ2) is 8.49. The highest BCUT2D eigenvalue weighted by Crippen LogP contribution is 2.33. The van der Waals surface area contributed by atoms with E-state index in [1.165, 1.54) is 0 Å². The summed E-state index contributed by atoms with van der Waals surface area (Å²) in [5.41, 5.74) is 2.31. The minimum Gasteiger partial charge on any atom is -0.496 e. The van der Waals surface area contributed by atoms with E-state index in [0.29, 0.717) is 22.4 Å². The van der Waals surface area contributed by atoms with Crippen LogP contribution in [0.3, 0.4) is 0 Å². The fraction of sp³-hybridized carbons (Fsp3) is 0.304. The van der Waals surface area contributed by atoms with Gasteiger partial charge in [-0.1, -0.05) is 26.0 Å². The maximum Gasteiger partial charge on any atom is 0.349 e. The molecule has 3 aromatic rings. The molecular weight excluding hydrogens is 368 g/mol. The van der Waals surface area contributed by atoms with Crippen LogP contribution in [0.25, 0.3) is 11.0 Å². The van der Waals surface area contributed by atoms with Crippen LogP contribution in [-0.2, 0) is 6.54 Å². The van der Waals surface area contributed by atoms with Crippen molar-refractivity contribution in [2.24, 2.45) is 0 Å². The molecule has 2 aromatic carbocycles. The number of hydrogen-bond acceptors (Lipinski definition) is 5. The summed E-state index contributed by atoms with van der Waals surface area (Å²) >= 11 is 0. The van der Waals surface area contributed by atoms with Crippen LogP contribution in [0.5, 0.6) is 5.75 Å². The second-order valence-corrected chi connectivity index (χ2v) is 7.59. The normalized spacial score (nSPS) is 11.3. The Balaban J connectivity index is 1.92. The van der Waals surface area contributed by atoms with Crippen LogP contribution in [0.4, 0.5) is 5.69 Å². The van der Waals surface area contributed by atoms with Crippen LogP contribution >= 0.6 is 0 Å². The lowest BCUT2D eigenvalue weighted by Gasteiger charge is -2.14. The first-order chi connectivity index (χ1) is 13.8. The van der Waals surface area contributed by atoms with Gasteiger partial charge in [0, 0.05) is 23.2 Å². The third-order valence-corrected chi connectivity index (χ3v) is 4.65. The highest BCUT2D eigenvalue weighted by molar-refractivity contribution is 6.05. The van der Waals surface area contributed by atoms with E-state index in [-0.39, 0.29) is 11.5 Å². The summed E-state index contributed by atoms with van der Waals surface area (Å²) in [5, 5.41) is 3.45. The molecule has 0 saturated heterocycles. The lowest BCUT2D eigenvalue weighted by molar-refractivity contribution is 0.102. The van der Waals surface area contributed by atoms with E-state index >= 15 is 0 Å². The molecule has 0 aliphatic rings. The van der Waals surface area contributed by atoms with Gasteiger partial charge in [-0.25, -0.2) is 4.79 Å². The molecule has 0 fully saturated rings. The van der Waals surface area contributed by atoms with Crippen molar-refractivity contribution in [1.29, 1.82) is 0 Å². The lowest BCUT2D eigenvalue weighted by Crippen LogP contribution is -2.21. The van der Waals surface area contributed by atoms with Gasteiger partial charge in [-0.15, -0.1) is 0 Å². The van der Waals surface area contributed by atoms with Crippen LogP contribution < -0.4 is 15.7 Å². The number of ether oxygens (including phenoxy) is 1. The summed E-state index contributed by atoms with van der Waals surface area (Å²) in [6.07, 6.45) is 0. The number of nitrogens with one attached hydrogen (secondary N) is 1. The molecule has 0 spiro atoms. The van der Waals surface area contributed by atoms with E-state index in [9.17, 15) is 9.59 Å². The number of anilines is 1. The van der Waals surface area contributed by atoms with Crippen molar-refractivity contribution in [3.05, 3.63) is 69.6 Å². The van der Waals surface area contributed by atoms with Gasteiger partial charge < -0.3 is 19.4 Å². The molecule has 0 aliphatic carbocycles. The monoisotopic (exact) mass is 394 g/mol. The first-order valence-electron chi connectivity index (χ1n) is 9.50. The molecule has 3 rings (SSSR count). The average molecular weight is 394 g/mol. The summed E-state index contributed by atoms with van der Waals surface area (Å²) in [7, 11) is 5.57. The highest BCUT2D eigenvalue weighted by Gasteiger charge is 2.19. The van der Waals surface area contributed by atoms with Gasteiger partial charge in [0.15, 0.2) is 0 Å². The molecule has 6 heteroatoms. The predicted molar refractivity (Wildman–Crippen MR) is 115 cm³/mol. The average Bonchev–Trinajstić information content (AvgIpc) is 2.67. The third kappa shape index (κ3) is 4.49. The van der Waals surface area contributed by atoms with E-state index in [1.807, 2.05) is 58.3 Å². The van der Waals surface area contributed by atoms with Gasteiger partial charge in [-0.2, -0.15) is 0 Å². The van der Waals surface area contributed by atoms with Crippen LogP contribution in [0, 0.1) is 0 Å². The van der Waals surface area contributed by atoms with Gasteiger partial charge in [0.05, 0.1) is 7.11 Å². The summed E-state index contributed by atoms with van der Waals surface area (Å²) in [6.45, 7) is 4.81. The fourth-order valence-corrected chi connectivity index (χ4v) is 3.33. The number of carbonyl (C=O) groups is 1. The molecule has 0 saturated carbocycles. The van der Waals surface area contributed by atoms with Crippen LogP contribution in [-0.4, -0.2) is 32.0 Å². The molecule has 1 amide bonds. The van der Waals surface area contributed by atoms with Crippen molar-refractivity contribution in [2.45, 2.75) is 26.3 Å². The highest BCUT2D eigenvalue weighted by atomic mass is 16.5. The van der Waals surface area contributed by atoms with E-state index < -0.39 is 11.5 Å². The molecule has 0 atom stereocenters. The van der Waals surface area contributed by atoms with Gasteiger partial charge in [0.1, 0.15) is 16.9 Å². The van der Waals surface area contributed by atoms with Crippen molar-refractivity contribution >= 4 is 22.6 Å². The molecule has 1 heterocycles. The molecule has 6 nitrogen and oxygen atoms in total. The number of methoxy groups -OCH3 is 1. The number of amides is 1. The number of nitrogens with zero attached hydrogens (tertiary/aromatic N) is 1. The molecule has 29 heavy (non-hydrogen) atoms. The Bertz CT molecular complexity index is 1080. The molecule has 0 unspecified atom stereocenters. The molecule has 1 aromatic heterocycles. The molecule has 0 aliphatic heterocycles. The minimum absolute atomic E-state index is 0.0326. The van der Waals surface area contributed by atoms with E-state index in [0.717, 1.165) is 17.7 Å². The van der Waals surface area contributed by atoms with Crippen molar-refractivity contribution in [2.75, 3.05) is 26.5 Å². The first kappa shape index (κ1) is 20.6. The SMILES string of the molecule is COc1ccc2cc(C(=O)Nc3ccc(CN(C)C)cc3)c(=O)oc2c1C(C)C. The Hall–Kier alpha value is -3.12. The van der Waals surface area contributed by atoms with Gasteiger partial charge in [-0.3, -0.25) is 4.79 Å². The summed E-state index contributed by atoms with van der Waals surface area (Å²) in [5.74, 6) is 0.255. The Morgan fingerprint density at radius 2 is 1.83 bits per heavy atom. The number of hydrogen-bond donors (Lipinski definition) is 1. The predicted octanol–water partition coefficient (Wildman–Crippen LogP) is 4.24. The third-order valence-electron chi connectivity index (χ3n) is 4.65.